The largest absolute Gasteiger partial charge is 0.493 e. The van der Waals surface area contributed by atoms with E-state index in [2.05, 4.69) is 0 Å². The van der Waals surface area contributed by atoms with Crippen molar-refractivity contribution in [2.75, 3.05) is 27.3 Å². The predicted octanol–water partition coefficient (Wildman–Crippen LogP) is 5.24. The molecule has 3 aromatic rings. The van der Waals surface area contributed by atoms with E-state index in [1.807, 2.05) is 42.5 Å². The number of carbonyl (C=O) groups excluding carboxylic acids is 2. The van der Waals surface area contributed by atoms with E-state index in [9.17, 15) is 9.59 Å². The van der Waals surface area contributed by atoms with Gasteiger partial charge in [0.25, 0.3) is 5.91 Å². The molecule has 3 aromatic carbocycles. The van der Waals surface area contributed by atoms with Gasteiger partial charge in [-0.05, 0) is 53.4 Å². The van der Waals surface area contributed by atoms with Gasteiger partial charge in [0.1, 0.15) is 6.54 Å². The molecule has 0 spiro atoms. The number of rotatable bonds is 7. The summed E-state index contributed by atoms with van der Waals surface area (Å²) in [5.74, 6) is 0.882. The lowest BCUT2D eigenvalue weighted by molar-refractivity contribution is -0.133. The molecule has 2 amide bonds. The Bertz CT molecular complexity index is 1230. The number of hydrogen-bond donors (Lipinski definition) is 0. The van der Waals surface area contributed by atoms with Gasteiger partial charge in [0.2, 0.25) is 5.91 Å². The summed E-state index contributed by atoms with van der Waals surface area (Å²) in [7, 11) is 3.20. The summed E-state index contributed by atoms with van der Waals surface area (Å²) in [6.07, 6.45) is 0.695. The van der Waals surface area contributed by atoms with Crippen LogP contribution in [0.3, 0.4) is 0 Å². The highest BCUT2D eigenvalue weighted by molar-refractivity contribution is 6.42. The third-order valence-corrected chi connectivity index (χ3v) is 6.81. The molecule has 0 atom stereocenters. The van der Waals surface area contributed by atoms with Crippen molar-refractivity contribution in [3.63, 3.8) is 0 Å². The molecule has 6 nitrogen and oxygen atoms in total. The van der Waals surface area contributed by atoms with Gasteiger partial charge in [-0.25, -0.2) is 0 Å². The molecule has 182 valence electrons. The topological polar surface area (TPSA) is 59.1 Å². The number of carbonyl (C=O) groups is 2. The van der Waals surface area contributed by atoms with Crippen molar-refractivity contribution in [2.45, 2.75) is 19.5 Å². The summed E-state index contributed by atoms with van der Waals surface area (Å²) in [5, 5.41) is 0.661. The Hall–Kier alpha value is -3.22. The van der Waals surface area contributed by atoms with Crippen LogP contribution in [-0.2, 0) is 24.3 Å². The Morgan fingerprint density at radius 3 is 2.26 bits per heavy atom. The maximum atomic E-state index is 13.4. The summed E-state index contributed by atoms with van der Waals surface area (Å²) < 4.78 is 10.8. The molecule has 1 aliphatic rings. The molecule has 0 unspecified atom stereocenters. The van der Waals surface area contributed by atoms with Crippen molar-refractivity contribution in [2.24, 2.45) is 0 Å². The highest BCUT2D eigenvalue weighted by atomic mass is 35.5. The van der Waals surface area contributed by atoms with Gasteiger partial charge in [0.05, 0.1) is 24.3 Å². The van der Waals surface area contributed by atoms with Crippen LogP contribution in [0.1, 0.15) is 27.0 Å². The van der Waals surface area contributed by atoms with Crippen molar-refractivity contribution in [1.82, 2.24) is 9.80 Å². The van der Waals surface area contributed by atoms with E-state index in [-0.39, 0.29) is 18.4 Å². The number of fused-ring (bicyclic) bond motifs is 1. The first-order valence-electron chi connectivity index (χ1n) is 11.2. The van der Waals surface area contributed by atoms with Crippen molar-refractivity contribution < 1.29 is 19.1 Å². The average Bonchev–Trinajstić information content (AvgIpc) is 2.88. The van der Waals surface area contributed by atoms with E-state index in [1.54, 1.807) is 36.2 Å². The zero-order valence-electron chi connectivity index (χ0n) is 19.6. The van der Waals surface area contributed by atoms with Gasteiger partial charge >= 0.3 is 0 Å². The lowest BCUT2D eigenvalue weighted by Crippen LogP contribution is -2.44. The number of nitrogens with zero attached hydrogens (tertiary/aromatic N) is 2. The van der Waals surface area contributed by atoms with Crippen molar-refractivity contribution in [3.8, 4) is 11.5 Å². The Morgan fingerprint density at radius 2 is 1.60 bits per heavy atom. The monoisotopic (exact) mass is 512 g/mol. The van der Waals surface area contributed by atoms with Crippen LogP contribution in [-0.4, -0.2) is 48.9 Å². The second-order valence-electron chi connectivity index (χ2n) is 8.32. The molecule has 0 radical (unpaired) electrons. The number of methoxy groups -OCH3 is 2. The van der Waals surface area contributed by atoms with Crippen LogP contribution in [0.4, 0.5) is 0 Å². The van der Waals surface area contributed by atoms with E-state index in [4.69, 9.17) is 32.7 Å². The smallest absolute Gasteiger partial charge is 0.254 e. The van der Waals surface area contributed by atoms with E-state index in [1.165, 1.54) is 6.07 Å². The van der Waals surface area contributed by atoms with Crippen LogP contribution in [0.2, 0.25) is 10.0 Å². The third kappa shape index (κ3) is 5.72. The van der Waals surface area contributed by atoms with Crippen LogP contribution in [0, 0.1) is 0 Å². The van der Waals surface area contributed by atoms with Crippen LogP contribution >= 0.6 is 23.2 Å². The molecule has 1 aliphatic heterocycles. The molecular weight excluding hydrogens is 487 g/mol. The number of amides is 2. The van der Waals surface area contributed by atoms with E-state index >= 15 is 0 Å². The van der Waals surface area contributed by atoms with Crippen LogP contribution in [0.15, 0.2) is 60.7 Å². The zero-order valence-corrected chi connectivity index (χ0v) is 21.1. The lowest BCUT2D eigenvalue weighted by Gasteiger charge is -2.32. The maximum Gasteiger partial charge on any atom is 0.254 e. The molecule has 4 rings (SSSR count). The summed E-state index contributed by atoms with van der Waals surface area (Å²) in [6, 6.07) is 18.2. The number of benzene rings is 3. The molecule has 1 heterocycles. The van der Waals surface area contributed by atoms with Gasteiger partial charge < -0.3 is 19.3 Å². The van der Waals surface area contributed by atoms with E-state index in [0.29, 0.717) is 53.2 Å². The number of hydrogen-bond acceptors (Lipinski definition) is 4. The SMILES string of the molecule is COc1cc2c(cc1OC)CN(C(=O)CN(Cc1ccccc1)C(=O)c1ccc(Cl)c(Cl)c1)CC2. The molecule has 0 bridgehead atoms. The average molecular weight is 513 g/mol. The molecule has 0 saturated heterocycles. The summed E-state index contributed by atoms with van der Waals surface area (Å²) in [5.41, 5.74) is 3.44. The second kappa shape index (κ2) is 11.0. The van der Waals surface area contributed by atoms with Gasteiger partial charge in [-0.1, -0.05) is 53.5 Å². The quantitative estimate of drug-likeness (QED) is 0.434. The van der Waals surface area contributed by atoms with Gasteiger partial charge in [-0.15, -0.1) is 0 Å². The first-order chi connectivity index (χ1) is 16.9. The summed E-state index contributed by atoms with van der Waals surface area (Å²) in [6.45, 7) is 1.23. The van der Waals surface area contributed by atoms with Crippen LogP contribution in [0.25, 0.3) is 0 Å². The number of halogens is 2. The fourth-order valence-corrected chi connectivity index (χ4v) is 4.47. The van der Waals surface area contributed by atoms with Crippen LogP contribution in [0.5, 0.6) is 11.5 Å². The Labute approximate surface area is 215 Å². The highest BCUT2D eigenvalue weighted by Gasteiger charge is 2.26. The Balaban J connectivity index is 1.55. The maximum absolute atomic E-state index is 13.4. The Morgan fingerprint density at radius 1 is 0.914 bits per heavy atom. The van der Waals surface area contributed by atoms with E-state index in [0.717, 1.165) is 16.7 Å². The minimum absolute atomic E-state index is 0.0589. The fraction of sp³-hybridized carbons (Fsp3) is 0.259. The van der Waals surface area contributed by atoms with Crippen molar-refractivity contribution in [3.05, 3.63) is 93.0 Å². The van der Waals surface area contributed by atoms with Gasteiger partial charge in [0, 0.05) is 25.2 Å². The third-order valence-electron chi connectivity index (χ3n) is 6.07. The fourth-order valence-electron chi connectivity index (χ4n) is 4.17. The van der Waals surface area contributed by atoms with Gasteiger partial charge in [0.15, 0.2) is 11.5 Å². The highest BCUT2D eigenvalue weighted by Crippen LogP contribution is 2.33. The van der Waals surface area contributed by atoms with Crippen molar-refractivity contribution in [1.29, 1.82) is 0 Å². The molecule has 0 fully saturated rings. The lowest BCUT2D eigenvalue weighted by atomic mass is 9.98. The molecule has 8 heteroatoms. The minimum Gasteiger partial charge on any atom is -0.493 e. The second-order valence-corrected chi connectivity index (χ2v) is 9.13. The van der Waals surface area contributed by atoms with Gasteiger partial charge in [-0.3, -0.25) is 9.59 Å². The first-order valence-corrected chi connectivity index (χ1v) is 11.9. The summed E-state index contributed by atoms with van der Waals surface area (Å²) >= 11 is 12.2. The molecule has 0 N–H and O–H groups in total. The van der Waals surface area contributed by atoms with Gasteiger partial charge in [-0.2, -0.15) is 0 Å². The normalized spacial score (nSPS) is 12.6. The molecular formula is C27H26Cl2N2O4. The minimum atomic E-state index is -0.287. The predicted molar refractivity (Wildman–Crippen MR) is 136 cm³/mol. The Kier molecular flexibility index (Phi) is 7.83. The molecule has 0 aromatic heterocycles. The standard InChI is InChI=1S/C27H26Cl2N2O4/c1-34-24-13-19-10-11-30(16-21(19)14-25(24)35-2)26(32)17-31(15-18-6-4-3-5-7-18)27(33)20-8-9-22(28)23(29)12-20/h3-9,12-14H,10-11,15-17H2,1-2H3. The molecule has 0 aliphatic carbocycles. The van der Waals surface area contributed by atoms with E-state index < -0.39 is 0 Å². The number of ether oxygens (including phenoxy) is 2. The van der Waals surface area contributed by atoms with Crippen LogP contribution < -0.4 is 9.47 Å². The molecule has 35 heavy (non-hydrogen) atoms. The summed E-state index contributed by atoms with van der Waals surface area (Å²) in [4.78, 5) is 30.1. The zero-order chi connectivity index (χ0) is 24.9. The first kappa shape index (κ1) is 24.9. The molecule has 0 saturated carbocycles. The van der Waals surface area contributed by atoms with Crippen molar-refractivity contribution >= 4 is 35.0 Å².